The standard InChI is InChI=1S/C22H21ClN6O2.C20H18ClN7O2.C19H17ClN6O.C18H17ClFN5O/c1-11(28-20-18-14(21(30)24-2)9-25-19(18)26-10-27-20)16-8-12-4-3-5-15(23)17(12)22(31)29(16)13-6-7-13;1-9(25-18-15-16(17(22)29)26-27-19(15)24-8-23-18)13-7-10-3-2-4-12(21)14(10)20(30)28(13)11-5-6-11;1-10(24-17-12(8-21)9-23-19(22)25-17)15-7-11-3-2-4-14(20)16(11)18(27)26(15)13-5-6-13;1-9(23-16-13(20)8-22-18(21)24-16)14-7-10-3-2-4-12(19)15(10)17(26)25(14)11-5-6-11/h3-5,8-11,13H,6-7H2,1-2H3,(H,24,30)(H2,25,26,27,28);2-4,7-9,11H,5-6H2,1H3,(H2,22,29)(H2,23,24,25,26,27);2-4,7,9-10,13H,5-6H2,1H3,(H3,22,23,24,25);2-4,7-9,11H,5-6H2,1H3,(H3,21,22,23,24)/t11-;9-;10-;9-/m0000/s1. The van der Waals surface area contributed by atoms with Crippen molar-refractivity contribution in [2.75, 3.05) is 39.8 Å². The van der Waals surface area contributed by atoms with Crippen molar-refractivity contribution in [3.8, 4) is 6.07 Å². The second-order valence-corrected chi connectivity index (χ2v) is 29.9. The van der Waals surface area contributed by atoms with E-state index in [1.54, 1.807) is 48.1 Å². The number of rotatable bonds is 18. The van der Waals surface area contributed by atoms with E-state index < -0.39 is 11.7 Å². The van der Waals surface area contributed by atoms with Gasteiger partial charge in [0.15, 0.2) is 17.3 Å². The van der Waals surface area contributed by atoms with E-state index in [4.69, 9.17) is 63.6 Å². The third kappa shape index (κ3) is 15.2. The number of pyridine rings is 4. The maximum atomic E-state index is 14.0. The minimum atomic E-state index is -0.654. The molecule has 10 heterocycles. The molecule has 0 spiro atoms. The molecule has 0 bridgehead atoms. The van der Waals surface area contributed by atoms with Crippen molar-refractivity contribution >= 4 is 159 Å². The van der Waals surface area contributed by atoms with Crippen molar-refractivity contribution in [1.29, 1.82) is 5.26 Å². The van der Waals surface area contributed by atoms with Gasteiger partial charge in [-0.2, -0.15) is 20.3 Å². The monoisotopic (exact) mass is 1610 g/mol. The highest BCUT2D eigenvalue weighted by atomic mass is 35.5. The Labute approximate surface area is 666 Å². The van der Waals surface area contributed by atoms with Gasteiger partial charge in [-0.3, -0.25) is 33.9 Å². The average Bonchev–Trinajstić information content (AvgIpc) is 1.47. The lowest BCUT2D eigenvalue weighted by Crippen LogP contribution is -2.26. The number of halogens is 5. The number of aromatic nitrogens is 15. The maximum absolute atomic E-state index is 14.0. The van der Waals surface area contributed by atoms with Gasteiger partial charge in [0.05, 0.1) is 94.5 Å². The first-order valence-electron chi connectivity index (χ1n) is 36.6. The number of H-pyrrole nitrogens is 2. The number of benzene rings is 4. The Kier molecular flexibility index (Phi) is 21.2. The van der Waals surface area contributed by atoms with E-state index in [-0.39, 0.29) is 99.9 Å². The molecule has 18 rings (SSSR count). The normalized spacial score (nSPS) is 14.9. The number of nitriles is 1. The molecule has 4 aromatic carbocycles. The first-order chi connectivity index (χ1) is 54.9. The molecular weight excluding hydrogens is 1540 g/mol. The molecule has 580 valence electrons. The first kappa shape index (κ1) is 76.7. The van der Waals surface area contributed by atoms with Crippen LogP contribution >= 0.6 is 46.4 Å². The summed E-state index contributed by atoms with van der Waals surface area (Å²) in [5.74, 6) is -0.140. The number of nitrogens with one attached hydrogen (secondary N) is 7. The molecule has 114 heavy (non-hydrogen) atoms. The topological polar surface area (TPSA) is 432 Å². The van der Waals surface area contributed by atoms with Gasteiger partial charge in [-0.1, -0.05) is 94.9 Å². The number of carbonyl (C=O) groups is 2. The van der Waals surface area contributed by atoms with E-state index in [9.17, 15) is 38.4 Å². The lowest BCUT2D eigenvalue weighted by Gasteiger charge is -2.21. The summed E-state index contributed by atoms with van der Waals surface area (Å²) < 4.78 is 21.2. The molecule has 4 fully saturated rings. The Morgan fingerprint density at radius 3 is 1.27 bits per heavy atom. The number of nitrogens with zero attached hydrogens (tertiary/aromatic N) is 14. The van der Waals surface area contributed by atoms with Crippen LogP contribution in [-0.4, -0.2) is 92.2 Å². The molecule has 0 aliphatic heterocycles. The second-order valence-electron chi connectivity index (χ2n) is 28.3. The fourth-order valence-corrected chi connectivity index (χ4v) is 15.4. The number of aromatic amines is 2. The summed E-state index contributed by atoms with van der Waals surface area (Å²) in [6, 6.07) is 31.1. The number of nitrogens with two attached hydrogens (primary N) is 3. The van der Waals surface area contributed by atoms with Crippen LogP contribution in [-0.2, 0) is 0 Å². The zero-order chi connectivity index (χ0) is 80.2. The number of anilines is 6. The molecule has 4 aliphatic rings. The van der Waals surface area contributed by atoms with Crippen LogP contribution in [0.5, 0.6) is 0 Å². The van der Waals surface area contributed by atoms with Crippen LogP contribution < -0.4 is 66.0 Å². The summed E-state index contributed by atoms with van der Waals surface area (Å²) in [4.78, 5) is 112. The number of fused-ring (bicyclic) bond motifs is 6. The zero-order valence-corrected chi connectivity index (χ0v) is 64.8. The highest BCUT2D eigenvalue weighted by Crippen LogP contribution is 2.43. The Morgan fingerprint density at radius 1 is 0.518 bits per heavy atom. The van der Waals surface area contributed by atoms with Crippen LogP contribution in [0.3, 0.4) is 0 Å². The number of hydrogen-bond donors (Lipinski definition) is 10. The number of primary amides is 1. The first-order valence-corrected chi connectivity index (χ1v) is 38.2. The zero-order valence-electron chi connectivity index (χ0n) is 61.7. The molecule has 0 radical (unpaired) electrons. The van der Waals surface area contributed by atoms with Gasteiger partial charge in [-0.05, 0) is 149 Å². The molecule has 4 atom stereocenters. The SMILES string of the molecule is CNC(=O)c1c[nH]c2ncnc(N[C@@H](C)c3cc4cccc(Cl)c4c(=O)n3C3CC3)c12.C[C@H](Nc1nc(N)ncc1C#N)c1cc2cccc(Cl)c2c(=O)n1C1CC1.C[C@H](Nc1nc(N)ncc1F)c1cc2cccc(Cl)c2c(=O)n1C1CC1.C[C@H](Nc1ncnc2n[nH]c(C(N)=O)c12)c1cc2cccc(Cl)c2c(=O)n1C1CC1. The Bertz CT molecular complexity index is 6520. The number of amides is 2. The molecule has 0 saturated heterocycles. The van der Waals surface area contributed by atoms with E-state index in [2.05, 4.69) is 81.6 Å². The molecule has 4 saturated carbocycles. The predicted octanol–water partition coefficient (Wildman–Crippen LogP) is 13.8. The molecule has 10 aromatic heterocycles. The number of carbonyl (C=O) groups excluding carboxylic acids is 2. The minimum absolute atomic E-state index is 0.00554. The third-order valence-electron chi connectivity index (χ3n) is 20.3. The van der Waals surface area contributed by atoms with Gasteiger partial charge in [-0.25, -0.2) is 34.3 Å². The van der Waals surface area contributed by atoms with Crippen LogP contribution in [0.25, 0.3) is 65.2 Å². The summed E-state index contributed by atoms with van der Waals surface area (Å²) in [7, 11) is 1.58. The number of nitrogen functional groups attached to an aromatic ring is 2. The molecule has 0 unspecified atom stereocenters. The van der Waals surface area contributed by atoms with Gasteiger partial charge in [0.25, 0.3) is 34.1 Å². The van der Waals surface area contributed by atoms with Gasteiger partial charge in [0.1, 0.15) is 53.1 Å². The quantitative estimate of drug-likeness (QED) is 0.0381. The van der Waals surface area contributed by atoms with Gasteiger partial charge in [0.2, 0.25) is 11.9 Å². The van der Waals surface area contributed by atoms with E-state index in [1.165, 1.54) is 18.9 Å². The van der Waals surface area contributed by atoms with E-state index in [0.717, 1.165) is 102 Å². The van der Waals surface area contributed by atoms with Gasteiger partial charge < -0.3 is 67.0 Å². The highest BCUT2D eigenvalue weighted by molar-refractivity contribution is 6.37. The Balaban J connectivity index is 0.000000120. The van der Waals surface area contributed by atoms with Crippen molar-refractivity contribution in [3.05, 3.63) is 235 Å². The summed E-state index contributed by atoms with van der Waals surface area (Å²) in [6.45, 7) is 7.68. The van der Waals surface area contributed by atoms with Crippen LogP contribution in [0.2, 0.25) is 20.1 Å². The van der Waals surface area contributed by atoms with Crippen LogP contribution in [0.4, 0.5) is 39.6 Å². The summed E-state index contributed by atoms with van der Waals surface area (Å²) >= 11 is 25.2. The third-order valence-corrected chi connectivity index (χ3v) is 21.6. The smallest absolute Gasteiger partial charge is 0.267 e. The van der Waals surface area contributed by atoms with Gasteiger partial charge in [0, 0.05) is 60.2 Å². The Hall–Kier alpha value is -12.6. The van der Waals surface area contributed by atoms with E-state index >= 15 is 0 Å². The van der Waals surface area contributed by atoms with Crippen molar-refractivity contribution in [2.45, 2.75) is 127 Å². The van der Waals surface area contributed by atoms with Gasteiger partial charge in [-0.15, -0.1) is 0 Å². The lowest BCUT2D eigenvalue weighted by atomic mass is 10.1. The minimum Gasteiger partial charge on any atom is -0.368 e. The average molecular weight is 1620 g/mol. The van der Waals surface area contributed by atoms with E-state index in [0.29, 0.717) is 92.3 Å². The lowest BCUT2D eigenvalue weighted by molar-refractivity contribution is 0.0962. The summed E-state index contributed by atoms with van der Waals surface area (Å²) in [5.41, 5.74) is 21.3. The fraction of sp³-hybridized carbons (Fsp3) is 0.266. The van der Waals surface area contributed by atoms with Crippen LogP contribution in [0.15, 0.2) is 147 Å². The van der Waals surface area contributed by atoms with Crippen molar-refractivity contribution in [1.82, 2.24) is 78.6 Å². The Morgan fingerprint density at radius 2 is 0.886 bits per heavy atom. The van der Waals surface area contributed by atoms with Crippen molar-refractivity contribution in [2.24, 2.45) is 5.73 Å². The molecule has 2 amide bonds. The van der Waals surface area contributed by atoms with Gasteiger partial charge >= 0.3 is 0 Å². The van der Waals surface area contributed by atoms with Crippen LogP contribution in [0.1, 0.15) is 177 Å². The number of hydrogen-bond acceptors (Lipinski definition) is 22. The van der Waals surface area contributed by atoms with E-state index in [1.807, 2.05) is 114 Å². The maximum Gasteiger partial charge on any atom is 0.267 e. The van der Waals surface area contributed by atoms with Crippen molar-refractivity contribution < 1.29 is 14.0 Å². The molecule has 35 heteroatoms. The molecule has 13 N–H and O–H groups in total. The predicted molar refractivity (Wildman–Crippen MR) is 439 cm³/mol. The largest absolute Gasteiger partial charge is 0.368 e. The second kappa shape index (κ2) is 31.5. The summed E-state index contributed by atoms with van der Waals surface area (Å²) in [6.07, 6.45) is 14.4. The molecule has 4 aliphatic carbocycles. The molecule has 30 nitrogen and oxygen atoms in total. The fourth-order valence-electron chi connectivity index (χ4n) is 14.3. The summed E-state index contributed by atoms with van der Waals surface area (Å²) in [5, 5.41) is 39.5. The highest BCUT2D eigenvalue weighted by Gasteiger charge is 2.35. The molecule has 14 aromatic rings. The molecular formula is C79H73Cl4FN24O6. The van der Waals surface area contributed by atoms with Crippen LogP contribution in [0, 0.1) is 17.1 Å². The van der Waals surface area contributed by atoms with Crippen molar-refractivity contribution in [3.63, 3.8) is 0 Å².